The average molecular weight is 343 g/mol. The van der Waals surface area contributed by atoms with Crippen LogP contribution in [0.15, 0.2) is 16.6 Å². The maximum Gasteiger partial charge on any atom is 0.172 e. The minimum Gasteiger partial charge on any atom is -0.503 e. The molecular formula is C15H23BrN2O2. The summed E-state index contributed by atoms with van der Waals surface area (Å²) in [5, 5.41) is 9.97. The van der Waals surface area contributed by atoms with E-state index < -0.39 is 0 Å². The van der Waals surface area contributed by atoms with Gasteiger partial charge in [-0.3, -0.25) is 0 Å². The van der Waals surface area contributed by atoms with Gasteiger partial charge in [-0.15, -0.1) is 0 Å². The Bertz CT molecular complexity index is 446. The predicted octanol–water partition coefficient (Wildman–Crippen LogP) is 2.34. The van der Waals surface area contributed by atoms with E-state index in [1.54, 1.807) is 7.11 Å². The molecule has 0 aromatic heterocycles. The monoisotopic (exact) mass is 342 g/mol. The van der Waals surface area contributed by atoms with Crippen LogP contribution in [0.2, 0.25) is 0 Å². The van der Waals surface area contributed by atoms with Gasteiger partial charge in [-0.2, -0.15) is 0 Å². The first-order chi connectivity index (χ1) is 9.61. The van der Waals surface area contributed by atoms with Gasteiger partial charge in [0.2, 0.25) is 0 Å². The molecule has 1 saturated heterocycles. The number of hydrogen-bond donors (Lipinski definition) is 1. The van der Waals surface area contributed by atoms with Crippen LogP contribution in [0.3, 0.4) is 0 Å². The minimum absolute atomic E-state index is 0.199. The van der Waals surface area contributed by atoms with Crippen LogP contribution >= 0.6 is 15.9 Å². The van der Waals surface area contributed by atoms with E-state index in [-0.39, 0.29) is 5.75 Å². The number of halogens is 1. The van der Waals surface area contributed by atoms with Crippen LogP contribution in [-0.2, 0) is 6.42 Å². The van der Waals surface area contributed by atoms with E-state index in [0.717, 1.165) is 55.6 Å². The van der Waals surface area contributed by atoms with Crippen molar-refractivity contribution in [3.8, 4) is 11.5 Å². The highest BCUT2D eigenvalue weighted by molar-refractivity contribution is 9.10. The molecule has 20 heavy (non-hydrogen) atoms. The van der Waals surface area contributed by atoms with Crippen molar-refractivity contribution in [2.75, 3.05) is 46.9 Å². The minimum atomic E-state index is 0.199. The van der Waals surface area contributed by atoms with Gasteiger partial charge in [0.1, 0.15) is 0 Å². The number of rotatable bonds is 5. The molecule has 1 aromatic rings. The van der Waals surface area contributed by atoms with Crippen LogP contribution in [-0.4, -0.2) is 61.8 Å². The first-order valence-corrected chi connectivity index (χ1v) is 7.86. The number of hydrogen-bond acceptors (Lipinski definition) is 4. The molecule has 1 N–H and O–H groups in total. The summed E-state index contributed by atoms with van der Waals surface area (Å²) in [7, 11) is 3.74. The number of likely N-dealkylation sites (N-methyl/N-ethyl adjacent to an activating group) is 1. The van der Waals surface area contributed by atoms with Crippen molar-refractivity contribution in [1.82, 2.24) is 9.80 Å². The molecule has 4 nitrogen and oxygen atoms in total. The van der Waals surface area contributed by atoms with Crippen LogP contribution in [0, 0.1) is 0 Å². The maximum absolute atomic E-state index is 9.97. The quantitative estimate of drug-likeness (QED) is 0.890. The molecule has 0 amide bonds. The lowest BCUT2D eigenvalue weighted by Crippen LogP contribution is -2.44. The highest BCUT2D eigenvalue weighted by atomic mass is 79.9. The SMILES string of the molecule is COc1ccc(CCCN2CCN(C)CC2)c(Br)c1O. The number of nitrogens with zero attached hydrogens (tertiary/aromatic N) is 2. The number of piperazine rings is 1. The molecular weight excluding hydrogens is 320 g/mol. The molecule has 0 bridgehead atoms. The Balaban J connectivity index is 1.84. The molecule has 1 aliphatic heterocycles. The van der Waals surface area contributed by atoms with Gasteiger partial charge in [-0.25, -0.2) is 0 Å². The predicted molar refractivity (Wildman–Crippen MR) is 84.6 cm³/mol. The Kier molecular flexibility index (Phi) is 5.69. The molecule has 2 rings (SSSR count). The lowest BCUT2D eigenvalue weighted by Gasteiger charge is -2.32. The van der Waals surface area contributed by atoms with Gasteiger partial charge in [0.15, 0.2) is 11.5 Å². The molecule has 0 unspecified atom stereocenters. The van der Waals surface area contributed by atoms with E-state index in [1.165, 1.54) is 0 Å². The third-order valence-corrected chi connectivity index (χ3v) is 4.78. The molecule has 0 saturated carbocycles. The van der Waals surface area contributed by atoms with E-state index in [1.807, 2.05) is 12.1 Å². The molecule has 0 aliphatic carbocycles. The van der Waals surface area contributed by atoms with Crippen molar-refractivity contribution >= 4 is 15.9 Å². The summed E-state index contributed by atoms with van der Waals surface area (Å²) in [5.74, 6) is 0.712. The lowest BCUT2D eigenvalue weighted by molar-refractivity contribution is 0.153. The number of aryl methyl sites for hydroxylation is 1. The summed E-state index contributed by atoms with van der Waals surface area (Å²) in [5.41, 5.74) is 1.14. The largest absolute Gasteiger partial charge is 0.503 e. The second-order valence-corrected chi connectivity index (χ2v) is 6.13. The third-order valence-electron chi connectivity index (χ3n) is 3.90. The van der Waals surface area contributed by atoms with Crippen molar-refractivity contribution in [3.63, 3.8) is 0 Å². The Hall–Kier alpha value is -0.780. The Morgan fingerprint density at radius 3 is 2.60 bits per heavy atom. The molecule has 0 atom stereocenters. The average Bonchev–Trinajstić information content (AvgIpc) is 2.46. The number of phenolic OH excluding ortho intramolecular Hbond substituents is 1. The second-order valence-electron chi connectivity index (χ2n) is 5.34. The number of methoxy groups -OCH3 is 1. The van der Waals surface area contributed by atoms with Gasteiger partial charge in [0, 0.05) is 26.2 Å². The smallest absolute Gasteiger partial charge is 0.172 e. The molecule has 0 spiro atoms. The normalized spacial score (nSPS) is 17.4. The van der Waals surface area contributed by atoms with E-state index in [4.69, 9.17) is 4.74 Å². The van der Waals surface area contributed by atoms with Crippen LogP contribution in [0.5, 0.6) is 11.5 Å². The molecule has 1 aromatic carbocycles. The maximum atomic E-state index is 9.97. The highest BCUT2D eigenvalue weighted by Crippen LogP contribution is 2.36. The number of ether oxygens (including phenoxy) is 1. The first kappa shape index (κ1) is 15.6. The van der Waals surface area contributed by atoms with E-state index in [0.29, 0.717) is 5.75 Å². The van der Waals surface area contributed by atoms with E-state index in [2.05, 4.69) is 32.8 Å². The van der Waals surface area contributed by atoms with Crippen molar-refractivity contribution in [1.29, 1.82) is 0 Å². The van der Waals surface area contributed by atoms with E-state index in [9.17, 15) is 5.11 Å². The molecule has 1 fully saturated rings. The number of benzene rings is 1. The van der Waals surface area contributed by atoms with Crippen LogP contribution in [0.1, 0.15) is 12.0 Å². The highest BCUT2D eigenvalue weighted by Gasteiger charge is 2.14. The zero-order valence-corrected chi connectivity index (χ0v) is 13.8. The van der Waals surface area contributed by atoms with Gasteiger partial charge in [-0.1, -0.05) is 6.07 Å². The molecule has 112 valence electrons. The fraction of sp³-hybridized carbons (Fsp3) is 0.600. The van der Waals surface area contributed by atoms with Crippen LogP contribution < -0.4 is 4.74 Å². The van der Waals surface area contributed by atoms with Crippen molar-refractivity contribution in [2.45, 2.75) is 12.8 Å². The summed E-state index contributed by atoms with van der Waals surface area (Å²) in [4.78, 5) is 4.88. The van der Waals surface area contributed by atoms with Gasteiger partial charge in [0.05, 0.1) is 11.6 Å². The molecule has 0 radical (unpaired) electrons. The summed E-state index contributed by atoms with van der Waals surface area (Å²) >= 11 is 3.46. The van der Waals surface area contributed by atoms with Gasteiger partial charge < -0.3 is 19.6 Å². The molecule has 1 aliphatic rings. The topological polar surface area (TPSA) is 35.9 Å². The second kappa shape index (κ2) is 7.29. The van der Waals surface area contributed by atoms with Crippen molar-refractivity contribution in [2.24, 2.45) is 0 Å². The standard InChI is InChI=1S/C15H23BrN2O2/c1-17-8-10-18(11-9-17)7-3-4-12-5-6-13(20-2)15(19)14(12)16/h5-6,19H,3-4,7-11H2,1-2H3. The van der Waals surface area contributed by atoms with Crippen molar-refractivity contribution in [3.05, 3.63) is 22.2 Å². The first-order valence-electron chi connectivity index (χ1n) is 7.07. The fourth-order valence-electron chi connectivity index (χ4n) is 2.51. The van der Waals surface area contributed by atoms with Gasteiger partial charge in [-0.05, 0) is 54.0 Å². The fourth-order valence-corrected chi connectivity index (χ4v) is 3.04. The summed E-state index contributed by atoms with van der Waals surface area (Å²) in [6.45, 7) is 5.75. The van der Waals surface area contributed by atoms with E-state index >= 15 is 0 Å². The number of phenols is 1. The zero-order chi connectivity index (χ0) is 14.5. The summed E-state index contributed by atoms with van der Waals surface area (Å²) in [6, 6.07) is 3.85. The third kappa shape index (κ3) is 3.87. The van der Waals surface area contributed by atoms with Crippen LogP contribution in [0.25, 0.3) is 0 Å². The summed E-state index contributed by atoms with van der Waals surface area (Å²) in [6.07, 6.45) is 2.07. The van der Waals surface area contributed by atoms with Crippen LogP contribution in [0.4, 0.5) is 0 Å². The number of aromatic hydroxyl groups is 1. The summed E-state index contributed by atoms with van der Waals surface area (Å²) < 4.78 is 5.86. The molecule has 5 heteroatoms. The van der Waals surface area contributed by atoms with Crippen molar-refractivity contribution < 1.29 is 9.84 Å². The Morgan fingerprint density at radius 1 is 1.25 bits per heavy atom. The zero-order valence-electron chi connectivity index (χ0n) is 12.2. The Morgan fingerprint density at radius 2 is 1.95 bits per heavy atom. The van der Waals surface area contributed by atoms with Gasteiger partial charge in [0.25, 0.3) is 0 Å². The van der Waals surface area contributed by atoms with Gasteiger partial charge >= 0.3 is 0 Å². The Labute approximate surface area is 129 Å². The molecule has 1 heterocycles. The lowest BCUT2D eigenvalue weighted by atomic mass is 10.1.